The van der Waals surface area contributed by atoms with Gasteiger partial charge in [-0.2, -0.15) is 0 Å². The molecule has 0 aliphatic rings. The highest BCUT2D eigenvalue weighted by molar-refractivity contribution is 9.10. The zero-order chi connectivity index (χ0) is 14.9. The Morgan fingerprint density at radius 2 is 2.05 bits per heavy atom. The van der Waals surface area contributed by atoms with Crippen molar-refractivity contribution < 1.29 is 13.6 Å². The summed E-state index contributed by atoms with van der Waals surface area (Å²) in [6, 6.07) is 3.37. The first kappa shape index (κ1) is 14.5. The van der Waals surface area contributed by atoms with E-state index in [9.17, 15) is 13.6 Å². The number of nitrogens with two attached hydrogens (primary N) is 1. The van der Waals surface area contributed by atoms with Crippen LogP contribution in [0.25, 0.3) is 0 Å². The van der Waals surface area contributed by atoms with Gasteiger partial charge in [-0.3, -0.25) is 4.79 Å². The van der Waals surface area contributed by atoms with Gasteiger partial charge in [0.15, 0.2) is 0 Å². The fourth-order valence-corrected chi connectivity index (χ4v) is 2.13. The Kier molecular flexibility index (Phi) is 4.08. The van der Waals surface area contributed by atoms with Crippen LogP contribution < -0.4 is 11.1 Å². The van der Waals surface area contributed by atoms with Gasteiger partial charge in [-0.15, -0.1) is 0 Å². The van der Waals surface area contributed by atoms with Crippen molar-refractivity contribution in [2.75, 3.05) is 11.1 Å². The second-order valence-corrected chi connectivity index (χ2v) is 5.00. The maximum atomic E-state index is 13.6. The minimum Gasteiger partial charge on any atom is -0.397 e. The summed E-state index contributed by atoms with van der Waals surface area (Å²) >= 11 is 2.94. The van der Waals surface area contributed by atoms with Gasteiger partial charge in [-0.05, 0) is 35.0 Å². The van der Waals surface area contributed by atoms with Crippen LogP contribution in [0.2, 0.25) is 0 Å². The van der Waals surface area contributed by atoms with Gasteiger partial charge in [-0.25, -0.2) is 8.78 Å². The smallest absolute Gasteiger partial charge is 0.272 e. The summed E-state index contributed by atoms with van der Waals surface area (Å²) in [7, 11) is 0. The van der Waals surface area contributed by atoms with Gasteiger partial charge in [0.05, 0.1) is 15.8 Å². The number of nitrogens with one attached hydrogen (secondary N) is 1. The second-order valence-electron chi connectivity index (χ2n) is 4.14. The van der Waals surface area contributed by atoms with E-state index in [0.29, 0.717) is 24.0 Å². The van der Waals surface area contributed by atoms with Crippen LogP contribution >= 0.6 is 15.9 Å². The molecule has 4 nitrogen and oxygen atoms in total. The summed E-state index contributed by atoms with van der Waals surface area (Å²) in [6.07, 6.45) is 1.62. The Balaban J connectivity index is 2.30. The molecule has 3 N–H and O–H groups in total. The minimum atomic E-state index is -0.846. The van der Waals surface area contributed by atoms with Crippen molar-refractivity contribution in [3.05, 3.63) is 46.2 Å². The first-order valence-corrected chi connectivity index (χ1v) is 6.63. The van der Waals surface area contributed by atoms with Crippen LogP contribution in [0, 0.1) is 11.6 Å². The number of halogens is 3. The molecule has 2 rings (SSSR count). The normalized spacial score (nSPS) is 10.6. The molecule has 0 saturated carbocycles. The molecular formula is C13H12BrF2N3O. The number of hydrogen-bond acceptors (Lipinski definition) is 2. The molecule has 0 spiro atoms. The van der Waals surface area contributed by atoms with Gasteiger partial charge in [0.25, 0.3) is 5.91 Å². The molecule has 106 valence electrons. The standard InChI is InChI=1S/C13H12BrF2N3O/c1-2-19-6-7(17)3-12(19)13(20)18-11-4-8(14)9(15)5-10(11)16/h3-6H,2,17H2,1H3,(H,18,20). The molecule has 1 aromatic carbocycles. The predicted molar refractivity (Wildman–Crippen MR) is 76.5 cm³/mol. The number of hydrogen-bond donors (Lipinski definition) is 2. The van der Waals surface area contributed by atoms with Crippen LogP contribution in [-0.2, 0) is 6.54 Å². The SMILES string of the molecule is CCn1cc(N)cc1C(=O)Nc1cc(Br)c(F)cc1F. The van der Waals surface area contributed by atoms with Crippen LogP contribution in [0.4, 0.5) is 20.2 Å². The summed E-state index contributed by atoms with van der Waals surface area (Å²) in [5.74, 6) is -2.09. The molecule has 20 heavy (non-hydrogen) atoms. The summed E-state index contributed by atoms with van der Waals surface area (Å²) in [5.41, 5.74) is 6.27. The summed E-state index contributed by atoms with van der Waals surface area (Å²) < 4.78 is 28.4. The molecule has 7 heteroatoms. The number of benzene rings is 1. The van der Waals surface area contributed by atoms with E-state index >= 15 is 0 Å². The van der Waals surface area contributed by atoms with Gasteiger partial charge in [0.1, 0.15) is 17.3 Å². The van der Waals surface area contributed by atoms with Crippen molar-refractivity contribution in [2.24, 2.45) is 0 Å². The molecule has 0 fully saturated rings. The van der Waals surface area contributed by atoms with Crippen LogP contribution in [0.5, 0.6) is 0 Å². The fraction of sp³-hybridized carbons (Fsp3) is 0.154. The van der Waals surface area contributed by atoms with E-state index in [2.05, 4.69) is 21.2 Å². The third-order valence-corrected chi connectivity index (χ3v) is 3.36. The van der Waals surface area contributed by atoms with Gasteiger partial charge in [-0.1, -0.05) is 0 Å². The van der Waals surface area contributed by atoms with Gasteiger partial charge in [0.2, 0.25) is 0 Å². The number of nitrogen functional groups attached to an aromatic ring is 1. The number of carbonyl (C=O) groups excluding carboxylic acids is 1. The van der Waals surface area contributed by atoms with E-state index in [1.54, 1.807) is 10.8 Å². The highest BCUT2D eigenvalue weighted by atomic mass is 79.9. The molecular weight excluding hydrogens is 332 g/mol. The number of nitrogens with zero attached hydrogens (tertiary/aromatic N) is 1. The van der Waals surface area contributed by atoms with Crippen molar-refractivity contribution in [3.63, 3.8) is 0 Å². The Morgan fingerprint density at radius 3 is 2.70 bits per heavy atom. The van der Waals surface area contributed by atoms with Crippen molar-refractivity contribution in [1.29, 1.82) is 0 Å². The predicted octanol–water partition coefficient (Wildman–Crippen LogP) is 3.38. The lowest BCUT2D eigenvalue weighted by molar-refractivity contribution is 0.101. The third kappa shape index (κ3) is 2.82. The van der Waals surface area contributed by atoms with Gasteiger partial charge < -0.3 is 15.6 Å². The van der Waals surface area contributed by atoms with Crippen LogP contribution in [0.1, 0.15) is 17.4 Å². The number of aryl methyl sites for hydroxylation is 1. The zero-order valence-corrected chi connectivity index (χ0v) is 12.2. The molecule has 0 atom stereocenters. The van der Waals surface area contributed by atoms with Crippen molar-refractivity contribution in [3.8, 4) is 0 Å². The highest BCUT2D eigenvalue weighted by Crippen LogP contribution is 2.24. The maximum absolute atomic E-state index is 13.6. The first-order chi connectivity index (χ1) is 9.42. The van der Waals surface area contributed by atoms with Crippen molar-refractivity contribution >= 4 is 33.2 Å². The van der Waals surface area contributed by atoms with E-state index in [1.165, 1.54) is 12.1 Å². The van der Waals surface area contributed by atoms with Crippen LogP contribution in [0.3, 0.4) is 0 Å². The quantitative estimate of drug-likeness (QED) is 0.839. The molecule has 0 bridgehead atoms. The fourth-order valence-electron chi connectivity index (χ4n) is 1.79. The van der Waals surface area contributed by atoms with Gasteiger partial charge >= 0.3 is 0 Å². The summed E-state index contributed by atoms with van der Waals surface area (Å²) in [6.45, 7) is 2.40. The molecule has 0 aliphatic carbocycles. The first-order valence-electron chi connectivity index (χ1n) is 5.84. The van der Waals surface area contributed by atoms with Gasteiger partial charge in [0, 0.05) is 18.8 Å². The van der Waals surface area contributed by atoms with E-state index in [1.807, 2.05) is 6.92 Å². The zero-order valence-electron chi connectivity index (χ0n) is 10.6. The molecule has 0 aliphatic heterocycles. The average molecular weight is 344 g/mol. The average Bonchev–Trinajstić information content (AvgIpc) is 2.77. The van der Waals surface area contributed by atoms with E-state index < -0.39 is 17.5 Å². The molecule has 0 saturated heterocycles. The Hall–Kier alpha value is -1.89. The molecule has 1 amide bonds. The lowest BCUT2D eigenvalue weighted by Gasteiger charge is -2.09. The number of carbonyl (C=O) groups is 1. The van der Waals surface area contributed by atoms with E-state index in [-0.39, 0.29) is 10.2 Å². The number of anilines is 2. The van der Waals surface area contributed by atoms with Crippen molar-refractivity contribution in [1.82, 2.24) is 4.57 Å². The highest BCUT2D eigenvalue weighted by Gasteiger charge is 2.15. The number of rotatable bonds is 3. The molecule has 1 aromatic heterocycles. The number of amides is 1. The lowest BCUT2D eigenvalue weighted by Crippen LogP contribution is -2.17. The maximum Gasteiger partial charge on any atom is 0.272 e. The Labute approximate surface area is 122 Å². The van der Waals surface area contributed by atoms with Crippen LogP contribution in [-0.4, -0.2) is 10.5 Å². The third-order valence-electron chi connectivity index (χ3n) is 2.75. The minimum absolute atomic E-state index is 0.0691. The van der Waals surface area contributed by atoms with Crippen molar-refractivity contribution in [2.45, 2.75) is 13.5 Å². The van der Waals surface area contributed by atoms with E-state index in [4.69, 9.17) is 5.73 Å². The molecule has 0 radical (unpaired) electrons. The Morgan fingerprint density at radius 1 is 1.35 bits per heavy atom. The lowest BCUT2D eigenvalue weighted by atomic mass is 10.2. The Bertz CT molecular complexity index is 670. The van der Waals surface area contributed by atoms with E-state index in [0.717, 1.165) is 0 Å². The largest absolute Gasteiger partial charge is 0.397 e. The monoisotopic (exact) mass is 343 g/mol. The number of aromatic nitrogens is 1. The summed E-state index contributed by atoms with van der Waals surface area (Å²) in [4.78, 5) is 12.1. The molecule has 0 unspecified atom stereocenters. The molecule has 2 aromatic rings. The topological polar surface area (TPSA) is 60.0 Å². The van der Waals surface area contributed by atoms with Crippen LogP contribution in [0.15, 0.2) is 28.9 Å². The molecule has 1 heterocycles. The second kappa shape index (κ2) is 5.62. The summed E-state index contributed by atoms with van der Waals surface area (Å²) in [5, 5.41) is 2.40.